The molecule has 2 rings (SSSR count). The third-order valence-electron chi connectivity index (χ3n) is 2.28. The predicted octanol–water partition coefficient (Wildman–Crippen LogP) is 2.86. The Kier molecular flexibility index (Phi) is 3.61. The van der Waals surface area contributed by atoms with Crippen molar-refractivity contribution >= 4 is 27.3 Å². The summed E-state index contributed by atoms with van der Waals surface area (Å²) in [5.41, 5.74) is 6.88. The summed E-state index contributed by atoms with van der Waals surface area (Å²) in [7, 11) is 0. The first-order chi connectivity index (χ1) is 7.29. The summed E-state index contributed by atoms with van der Waals surface area (Å²) in [4.78, 5) is 1.36. The molecule has 80 valence electrons. The molecular weight excluding hydrogens is 272 g/mol. The molecule has 0 aliphatic rings. The van der Waals surface area contributed by atoms with Crippen LogP contribution < -0.4 is 5.73 Å². The van der Waals surface area contributed by atoms with E-state index in [0.717, 1.165) is 13.0 Å². The SMILES string of the molecule is NCCc1cccn1Cc1ccc(Br)s1. The van der Waals surface area contributed by atoms with Crippen LogP contribution in [0.1, 0.15) is 10.6 Å². The van der Waals surface area contributed by atoms with Gasteiger partial charge in [-0.1, -0.05) is 0 Å². The van der Waals surface area contributed by atoms with Crippen molar-refractivity contribution in [2.45, 2.75) is 13.0 Å². The van der Waals surface area contributed by atoms with E-state index in [4.69, 9.17) is 5.73 Å². The third-order valence-corrected chi connectivity index (χ3v) is 3.89. The maximum atomic E-state index is 5.57. The molecule has 2 aromatic rings. The van der Waals surface area contributed by atoms with Crippen LogP contribution in [0.4, 0.5) is 0 Å². The minimum atomic E-state index is 0.706. The van der Waals surface area contributed by atoms with Crippen LogP contribution in [0.25, 0.3) is 0 Å². The van der Waals surface area contributed by atoms with E-state index in [2.05, 4.69) is 51.0 Å². The Labute approximate surface area is 102 Å². The van der Waals surface area contributed by atoms with Gasteiger partial charge in [0.1, 0.15) is 0 Å². The second-order valence-corrected chi connectivity index (χ2v) is 5.92. The van der Waals surface area contributed by atoms with Crippen molar-refractivity contribution in [1.29, 1.82) is 0 Å². The second kappa shape index (κ2) is 4.96. The number of nitrogens with zero attached hydrogens (tertiary/aromatic N) is 1. The molecule has 4 heteroatoms. The summed E-state index contributed by atoms with van der Waals surface area (Å²) in [5, 5.41) is 0. The van der Waals surface area contributed by atoms with E-state index in [1.165, 1.54) is 14.4 Å². The van der Waals surface area contributed by atoms with Gasteiger partial charge >= 0.3 is 0 Å². The highest BCUT2D eigenvalue weighted by Gasteiger charge is 2.02. The molecule has 0 bridgehead atoms. The maximum absolute atomic E-state index is 5.57. The molecule has 0 spiro atoms. The minimum Gasteiger partial charge on any atom is -0.346 e. The second-order valence-electron chi connectivity index (χ2n) is 3.37. The summed E-state index contributed by atoms with van der Waals surface area (Å²) < 4.78 is 3.44. The zero-order chi connectivity index (χ0) is 10.7. The molecular formula is C11H13BrN2S. The number of hydrogen-bond acceptors (Lipinski definition) is 2. The van der Waals surface area contributed by atoms with E-state index >= 15 is 0 Å². The molecule has 0 saturated heterocycles. The topological polar surface area (TPSA) is 30.9 Å². The van der Waals surface area contributed by atoms with E-state index in [1.54, 1.807) is 11.3 Å². The van der Waals surface area contributed by atoms with E-state index in [9.17, 15) is 0 Å². The van der Waals surface area contributed by atoms with Gasteiger partial charge in [0, 0.05) is 16.8 Å². The lowest BCUT2D eigenvalue weighted by Crippen LogP contribution is -2.08. The number of nitrogens with two attached hydrogens (primary N) is 1. The van der Waals surface area contributed by atoms with Crippen molar-refractivity contribution in [2.75, 3.05) is 6.54 Å². The highest BCUT2D eigenvalue weighted by atomic mass is 79.9. The summed E-state index contributed by atoms with van der Waals surface area (Å²) in [6, 6.07) is 8.45. The zero-order valence-corrected chi connectivity index (χ0v) is 10.7. The van der Waals surface area contributed by atoms with Crippen molar-refractivity contribution in [3.63, 3.8) is 0 Å². The quantitative estimate of drug-likeness (QED) is 0.920. The smallest absolute Gasteiger partial charge is 0.0702 e. The zero-order valence-electron chi connectivity index (χ0n) is 8.32. The highest BCUT2D eigenvalue weighted by Crippen LogP contribution is 2.23. The van der Waals surface area contributed by atoms with E-state index in [-0.39, 0.29) is 0 Å². The molecule has 2 N–H and O–H groups in total. The van der Waals surface area contributed by atoms with Crippen molar-refractivity contribution in [2.24, 2.45) is 5.73 Å². The van der Waals surface area contributed by atoms with Gasteiger partial charge in [-0.25, -0.2) is 0 Å². The molecule has 0 aromatic carbocycles. The summed E-state index contributed by atoms with van der Waals surface area (Å²) in [5.74, 6) is 0. The van der Waals surface area contributed by atoms with Crippen LogP contribution in [0.5, 0.6) is 0 Å². The van der Waals surface area contributed by atoms with Gasteiger partial charge in [-0.2, -0.15) is 0 Å². The first-order valence-corrected chi connectivity index (χ1v) is 6.49. The fourth-order valence-electron chi connectivity index (χ4n) is 1.58. The molecule has 0 saturated carbocycles. The summed E-state index contributed by atoms with van der Waals surface area (Å²) in [6.07, 6.45) is 3.05. The van der Waals surface area contributed by atoms with Crippen molar-refractivity contribution in [3.05, 3.63) is 44.8 Å². The number of aromatic nitrogens is 1. The monoisotopic (exact) mass is 284 g/mol. The molecule has 0 amide bonds. The number of halogens is 1. The number of thiophene rings is 1. The van der Waals surface area contributed by atoms with Crippen LogP contribution in [0.15, 0.2) is 34.2 Å². The van der Waals surface area contributed by atoms with Gasteiger partial charge < -0.3 is 10.3 Å². The highest BCUT2D eigenvalue weighted by molar-refractivity contribution is 9.11. The van der Waals surface area contributed by atoms with Crippen LogP contribution in [0.2, 0.25) is 0 Å². The van der Waals surface area contributed by atoms with Crippen molar-refractivity contribution in [1.82, 2.24) is 4.57 Å². The fourth-order valence-corrected chi connectivity index (χ4v) is 3.07. The minimum absolute atomic E-state index is 0.706. The Morgan fingerprint density at radius 3 is 2.87 bits per heavy atom. The van der Waals surface area contributed by atoms with Gasteiger partial charge in [0.25, 0.3) is 0 Å². The number of rotatable bonds is 4. The first-order valence-electron chi connectivity index (χ1n) is 4.88. The normalized spacial score (nSPS) is 10.8. The molecule has 0 fully saturated rings. The van der Waals surface area contributed by atoms with Gasteiger partial charge in [-0.15, -0.1) is 11.3 Å². The number of hydrogen-bond donors (Lipinski definition) is 1. The molecule has 2 heterocycles. The molecule has 0 atom stereocenters. The Bertz CT molecular complexity index is 433. The Hall–Kier alpha value is -0.580. The van der Waals surface area contributed by atoms with Crippen LogP contribution in [0, 0.1) is 0 Å². The third kappa shape index (κ3) is 2.71. The Morgan fingerprint density at radius 1 is 1.33 bits per heavy atom. The standard InChI is InChI=1S/C11H13BrN2S/c12-11-4-3-10(15-11)8-14-7-1-2-9(14)5-6-13/h1-4,7H,5-6,8,13H2. The van der Waals surface area contributed by atoms with E-state index in [1.807, 2.05) is 0 Å². The predicted molar refractivity (Wildman–Crippen MR) is 68.3 cm³/mol. The summed E-state index contributed by atoms with van der Waals surface area (Å²) in [6.45, 7) is 1.65. The van der Waals surface area contributed by atoms with Crippen LogP contribution >= 0.6 is 27.3 Å². The molecule has 2 aromatic heterocycles. The average Bonchev–Trinajstić information content (AvgIpc) is 2.78. The van der Waals surface area contributed by atoms with Gasteiger partial charge in [0.2, 0.25) is 0 Å². The molecule has 2 nitrogen and oxygen atoms in total. The average molecular weight is 285 g/mol. The molecule has 15 heavy (non-hydrogen) atoms. The van der Waals surface area contributed by atoms with E-state index in [0.29, 0.717) is 6.54 Å². The lowest BCUT2D eigenvalue weighted by molar-refractivity contribution is 0.744. The lowest BCUT2D eigenvalue weighted by Gasteiger charge is -2.06. The van der Waals surface area contributed by atoms with Crippen LogP contribution in [-0.4, -0.2) is 11.1 Å². The largest absolute Gasteiger partial charge is 0.346 e. The molecule has 0 aliphatic heterocycles. The Balaban J connectivity index is 2.13. The molecule has 0 aliphatic carbocycles. The fraction of sp³-hybridized carbons (Fsp3) is 0.273. The van der Waals surface area contributed by atoms with Gasteiger partial charge in [-0.3, -0.25) is 0 Å². The lowest BCUT2D eigenvalue weighted by atomic mass is 10.3. The van der Waals surface area contributed by atoms with Gasteiger partial charge in [-0.05, 0) is 53.2 Å². The first kappa shape index (κ1) is 10.9. The van der Waals surface area contributed by atoms with E-state index < -0.39 is 0 Å². The van der Waals surface area contributed by atoms with Crippen LogP contribution in [0.3, 0.4) is 0 Å². The van der Waals surface area contributed by atoms with Crippen LogP contribution in [-0.2, 0) is 13.0 Å². The van der Waals surface area contributed by atoms with Gasteiger partial charge in [0.15, 0.2) is 0 Å². The summed E-state index contributed by atoms with van der Waals surface area (Å²) >= 11 is 5.25. The van der Waals surface area contributed by atoms with Crippen molar-refractivity contribution < 1.29 is 0 Å². The molecule has 0 unspecified atom stereocenters. The maximum Gasteiger partial charge on any atom is 0.0702 e. The Morgan fingerprint density at radius 2 is 2.20 bits per heavy atom. The van der Waals surface area contributed by atoms with Crippen molar-refractivity contribution in [3.8, 4) is 0 Å². The molecule has 0 radical (unpaired) electrons. The van der Waals surface area contributed by atoms with Gasteiger partial charge in [0.05, 0.1) is 10.3 Å².